The number of ether oxygens (including phenoxy) is 4. The minimum absolute atomic E-state index is 0.0490. The van der Waals surface area contributed by atoms with Crippen LogP contribution in [0.2, 0.25) is 5.02 Å². The number of hydrogen-bond acceptors (Lipinski definition) is 9. The predicted molar refractivity (Wildman–Crippen MR) is 223 cm³/mol. The van der Waals surface area contributed by atoms with Crippen molar-refractivity contribution in [2.45, 2.75) is 79.9 Å². The van der Waals surface area contributed by atoms with Gasteiger partial charge in [0.25, 0.3) is 5.91 Å². The first kappa shape index (κ1) is 43.9. The van der Waals surface area contributed by atoms with E-state index >= 15 is 0 Å². The number of halogens is 1. The molecular formula is C45H54ClN4O8-. The first-order valence-corrected chi connectivity index (χ1v) is 20.0. The first-order chi connectivity index (χ1) is 27.6. The fourth-order valence-electron chi connectivity index (χ4n) is 7.19. The standard InChI is InChI=1S/C45H55ClN4O8/c1-28-26-32(27-29(2)39(28)46)57-22-12-18-34-33-16-11-17-37(40(33)49(8)41(34)44(54)58-45(5,6)7)38-30(3)48-50(31(38)4)20-13-21-55-24-25-56-23-19-47-42(51)35-14-9-10-15-36(35)43(52)53/h9-11,14-17,26-27H,12-13,18-25H2,1-8H3,(H,47,51)(H,52,53)/p-1. The number of carboxylic acids is 1. The highest BCUT2D eigenvalue weighted by Gasteiger charge is 2.28. The molecule has 1 amide bonds. The normalized spacial score (nSPS) is 11.6. The fraction of sp³-hybridized carbons (Fsp3) is 0.422. The van der Waals surface area contributed by atoms with E-state index in [2.05, 4.69) is 24.4 Å². The molecule has 3 aromatic carbocycles. The molecule has 0 aliphatic carbocycles. The van der Waals surface area contributed by atoms with E-state index in [4.69, 9.17) is 35.6 Å². The third kappa shape index (κ3) is 10.7. The van der Waals surface area contributed by atoms with Crippen molar-refractivity contribution in [2.75, 3.05) is 39.6 Å². The summed E-state index contributed by atoms with van der Waals surface area (Å²) in [4.78, 5) is 37.5. The molecule has 0 aliphatic heterocycles. The fourth-order valence-corrected chi connectivity index (χ4v) is 7.30. The van der Waals surface area contributed by atoms with Crippen LogP contribution >= 0.6 is 11.6 Å². The number of para-hydroxylation sites is 1. The second-order valence-electron chi connectivity index (χ2n) is 15.3. The number of carbonyl (C=O) groups excluding carboxylic acids is 3. The average Bonchev–Trinajstić information content (AvgIpc) is 3.62. The highest BCUT2D eigenvalue weighted by Crippen LogP contribution is 2.38. The minimum atomic E-state index is -1.40. The highest BCUT2D eigenvalue weighted by molar-refractivity contribution is 6.32. The number of carbonyl (C=O) groups is 3. The summed E-state index contributed by atoms with van der Waals surface area (Å²) >= 11 is 6.37. The van der Waals surface area contributed by atoms with Gasteiger partial charge < -0.3 is 38.7 Å². The van der Waals surface area contributed by atoms with Crippen molar-refractivity contribution in [1.82, 2.24) is 19.7 Å². The number of aromatic carboxylic acids is 1. The van der Waals surface area contributed by atoms with Gasteiger partial charge in [-0.15, -0.1) is 0 Å². The topological polar surface area (TPSA) is 146 Å². The van der Waals surface area contributed by atoms with Crippen molar-refractivity contribution in [1.29, 1.82) is 0 Å². The lowest BCUT2D eigenvalue weighted by molar-refractivity contribution is -0.255. The Balaban J connectivity index is 1.20. The largest absolute Gasteiger partial charge is 0.545 e. The van der Waals surface area contributed by atoms with Gasteiger partial charge in [-0.05, 0) is 103 Å². The molecule has 0 saturated heterocycles. The Kier molecular flexibility index (Phi) is 14.8. The molecule has 0 unspecified atom stereocenters. The molecule has 0 aliphatic rings. The van der Waals surface area contributed by atoms with Crippen LogP contribution in [0.4, 0.5) is 0 Å². The van der Waals surface area contributed by atoms with Crippen molar-refractivity contribution in [3.63, 3.8) is 0 Å². The third-order valence-electron chi connectivity index (χ3n) is 9.76. The Labute approximate surface area is 345 Å². The molecule has 2 heterocycles. The lowest BCUT2D eigenvalue weighted by Crippen LogP contribution is -2.31. The smallest absolute Gasteiger partial charge is 0.355 e. The predicted octanol–water partition coefficient (Wildman–Crippen LogP) is 7.11. The van der Waals surface area contributed by atoms with E-state index in [1.54, 1.807) is 6.07 Å². The number of nitrogens with one attached hydrogen (secondary N) is 1. The second kappa shape index (κ2) is 19.5. The minimum Gasteiger partial charge on any atom is -0.545 e. The number of rotatable bonds is 19. The zero-order valence-electron chi connectivity index (χ0n) is 34.8. The lowest BCUT2D eigenvalue weighted by atomic mass is 9.98. The van der Waals surface area contributed by atoms with E-state index in [1.165, 1.54) is 18.2 Å². The Morgan fingerprint density at radius 1 is 0.862 bits per heavy atom. The Hall–Kier alpha value is -5.17. The molecule has 310 valence electrons. The zero-order chi connectivity index (χ0) is 42.1. The van der Waals surface area contributed by atoms with Gasteiger partial charge in [-0.2, -0.15) is 5.10 Å². The molecule has 2 aromatic heterocycles. The molecule has 0 atom stereocenters. The van der Waals surface area contributed by atoms with Crippen LogP contribution in [0.3, 0.4) is 0 Å². The molecule has 0 radical (unpaired) electrons. The molecule has 13 heteroatoms. The van der Waals surface area contributed by atoms with Crippen molar-refractivity contribution >= 4 is 40.3 Å². The molecule has 58 heavy (non-hydrogen) atoms. The Morgan fingerprint density at radius 2 is 1.53 bits per heavy atom. The van der Waals surface area contributed by atoms with Crippen LogP contribution < -0.4 is 15.2 Å². The van der Waals surface area contributed by atoms with E-state index < -0.39 is 17.5 Å². The molecule has 0 spiro atoms. The van der Waals surface area contributed by atoms with Crippen LogP contribution in [0, 0.1) is 27.7 Å². The molecular weight excluding hydrogens is 760 g/mol. The number of aromatic nitrogens is 3. The van der Waals surface area contributed by atoms with Gasteiger partial charge >= 0.3 is 5.97 Å². The summed E-state index contributed by atoms with van der Waals surface area (Å²) in [6.07, 6.45) is 2.03. The number of amides is 1. The molecule has 0 saturated carbocycles. The van der Waals surface area contributed by atoms with Crippen LogP contribution in [0.25, 0.3) is 22.0 Å². The van der Waals surface area contributed by atoms with Crippen molar-refractivity contribution in [3.8, 4) is 16.9 Å². The summed E-state index contributed by atoms with van der Waals surface area (Å²) in [5, 5.41) is 20.6. The van der Waals surface area contributed by atoms with Crippen molar-refractivity contribution in [3.05, 3.63) is 105 Å². The monoisotopic (exact) mass is 813 g/mol. The van der Waals surface area contributed by atoms with Gasteiger partial charge in [-0.3, -0.25) is 9.48 Å². The van der Waals surface area contributed by atoms with Crippen LogP contribution in [0.15, 0.2) is 54.6 Å². The Morgan fingerprint density at radius 3 is 2.21 bits per heavy atom. The summed E-state index contributed by atoms with van der Waals surface area (Å²) in [5.41, 5.74) is 7.48. The van der Waals surface area contributed by atoms with Crippen LogP contribution in [0.5, 0.6) is 5.75 Å². The summed E-state index contributed by atoms with van der Waals surface area (Å²) in [6, 6.07) is 16.0. The number of hydrogen-bond donors (Lipinski definition) is 1. The average molecular weight is 814 g/mol. The molecule has 5 aromatic rings. The first-order valence-electron chi connectivity index (χ1n) is 19.6. The van der Waals surface area contributed by atoms with E-state index in [0.29, 0.717) is 51.5 Å². The highest BCUT2D eigenvalue weighted by atomic mass is 35.5. The number of nitrogens with zero attached hydrogens (tertiary/aromatic N) is 3. The third-order valence-corrected chi connectivity index (χ3v) is 10.4. The van der Waals surface area contributed by atoms with E-state index in [0.717, 1.165) is 67.3 Å². The molecule has 0 fully saturated rings. The number of carboxylic acid groups (broad SMARTS) is 1. The quantitative estimate of drug-likeness (QED) is 0.0681. The second-order valence-corrected chi connectivity index (χ2v) is 15.7. The van der Waals surface area contributed by atoms with E-state index in [1.807, 2.05) is 76.0 Å². The molecule has 5 rings (SSSR count). The van der Waals surface area contributed by atoms with Crippen LogP contribution in [-0.4, -0.2) is 77.4 Å². The molecule has 12 nitrogen and oxygen atoms in total. The summed E-state index contributed by atoms with van der Waals surface area (Å²) < 4.78 is 27.4. The SMILES string of the molecule is Cc1cc(OCCCc2c(C(=O)OC(C)(C)C)n(C)c3c(-c4c(C)nn(CCCOCCOCCNC(=O)c5ccccc5C(=O)[O-])c4C)cccc23)cc(C)c1Cl. The maximum Gasteiger partial charge on any atom is 0.355 e. The van der Waals surface area contributed by atoms with Crippen LogP contribution in [0.1, 0.15) is 92.9 Å². The summed E-state index contributed by atoms with van der Waals surface area (Å²) in [7, 11) is 1.93. The van der Waals surface area contributed by atoms with Gasteiger partial charge in [0.15, 0.2) is 0 Å². The van der Waals surface area contributed by atoms with Crippen LogP contribution in [-0.2, 0) is 34.2 Å². The Bertz CT molecular complexity index is 2250. The van der Waals surface area contributed by atoms with Gasteiger partial charge in [0.05, 0.1) is 43.6 Å². The van der Waals surface area contributed by atoms with Gasteiger partial charge in [0.2, 0.25) is 0 Å². The number of fused-ring (bicyclic) bond motifs is 1. The van der Waals surface area contributed by atoms with Gasteiger partial charge in [-0.25, -0.2) is 4.79 Å². The zero-order valence-corrected chi connectivity index (χ0v) is 35.5. The lowest BCUT2D eigenvalue weighted by Gasteiger charge is -2.20. The van der Waals surface area contributed by atoms with E-state index in [-0.39, 0.29) is 30.2 Å². The number of aryl methyl sites for hydroxylation is 6. The summed E-state index contributed by atoms with van der Waals surface area (Å²) in [5.74, 6) is -1.49. The number of benzene rings is 3. The van der Waals surface area contributed by atoms with Crippen molar-refractivity contribution in [2.24, 2.45) is 7.05 Å². The van der Waals surface area contributed by atoms with Gasteiger partial charge in [-0.1, -0.05) is 48.0 Å². The maximum absolute atomic E-state index is 13.8. The van der Waals surface area contributed by atoms with Crippen molar-refractivity contribution < 1.29 is 38.4 Å². The van der Waals surface area contributed by atoms with Gasteiger partial charge in [0.1, 0.15) is 17.0 Å². The number of esters is 1. The van der Waals surface area contributed by atoms with E-state index in [9.17, 15) is 19.5 Å². The maximum atomic E-state index is 13.8. The molecule has 1 N–H and O–H groups in total. The van der Waals surface area contributed by atoms with Gasteiger partial charge in [0, 0.05) is 65.1 Å². The summed E-state index contributed by atoms with van der Waals surface area (Å²) in [6.45, 7) is 16.5. The molecule has 0 bridgehead atoms.